The van der Waals surface area contributed by atoms with Crippen LogP contribution in [0, 0.1) is 5.82 Å². The molecule has 0 fully saturated rings. The van der Waals surface area contributed by atoms with Crippen LogP contribution in [-0.4, -0.2) is 21.0 Å². The summed E-state index contributed by atoms with van der Waals surface area (Å²) in [4.78, 5) is -0.188. The molecule has 0 aliphatic rings. The predicted molar refractivity (Wildman–Crippen MR) is 78.5 cm³/mol. The second kappa shape index (κ2) is 7.71. The van der Waals surface area contributed by atoms with Gasteiger partial charge in [0.15, 0.2) is 0 Å². The first kappa shape index (κ1) is 17.1. The van der Waals surface area contributed by atoms with Gasteiger partial charge < -0.3 is 5.32 Å². The minimum Gasteiger partial charge on any atom is -0.314 e. The predicted octanol–water partition coefficient (Wildman–Crippen LogP) is 2.18. The largest absolute Gasteiger partial charge is 0.314 e. The summed E-state index contributed by atoms with van der Waals surface area (Å²) < 4.78 is 36.3. The first-order valence-corrected chi connectivity index (χ1v) is 8.47. The molecule has 0 heterocycles. The Kier molecular flexibility index (Phi) is 6.58. The zero-order chi connectivity index (χ0) is 15.2. The van der Waals surface area contributed by atoms with Crippen LogP contribution in [0.4, 0.5) is 4.39 Å². The Morgan fingerprint density at radius 1 is 1.30 bits per heavy atom. The van der Waals surface area contributed by atoms with Gasteiger partial charge >= 0.3 is 0 Å². The van der Waals surface area contributed by atoms with Crippen LogP contribution in [0.5, 0.6) is 0 Å². The zero-order valence-corrected chi connectivity index (χ0v) is 12.8. The first-order chi connectivity index (χ1) is 9.38. The molecule has 0 saturated carbocycles. The third-order valence-electron chi connectivity index (χ3n) is 3.14. The molecule has 0 saturated heterocycles. The van der Waals surface area contributed by atoms with Crippen molar-refractivity contribution >= 4 is 10.0 Å². The van der Waals surface area contributed by atoms with E-state index in [1.165, 1.54) is 12.1 Å². The maximum absolute atomic E-state index is 14.0. The van der Waals surface area contributed by atoms with Crippen molar-refractivity contribution in [3.05, 3.63) is 29.6 Å². The topological polar surface area (TPSA) is 72.2 Å². The number of rotatable bonds is 8. The first-order valence-electron chi connectivity index (χ1n) is 6.93. The molecule has 1 atom stereocenters. The van der Waals surface area contributed by atoms with Crippen molar-refractivity contribution in [1.29, 1.82) is 0 Å². The fourth-order valence-corrected chi connectivity index (χ4v) is 2.63. The minimum atomic E-state index is -3.85. The number of benzene rings is 1. The van der Waals surface area contributed by atoms with E-state index in [4.69, 9.17) is 5.14 Å². The average molecular weight is 302 g/mol. The summed E-state index contributed by atoms with van der Waals surface area (Å²) in [5, 5.41) is 8.36. The summed E-state index contributed by atoms with van der Waals surface area (Å²) in [6.45, 7) is 5.06. The molecule has 1 unspecified atom stereocenters. The fourth-order valence-electron chi connectivity index (χ4n) is 2.11. The average Bonchev–Trinajstić information content (AvgIpc) is 2.37. The molecule has 4 nitrogen and oxygen atoms in total. The fraction of sp³-hybridized carbons (Fsp3) is 0.571. The van der Waals surface area contributed by atoms with Gasteiger partial charge in [-0.25, -0.2) is 17.9 Å². The van der Waals surface area contributed by atoms with E-state index in [2.05, 4.69) is 19.2 Å². The second-order valence-corrected chi connectivity index (χ2v) is 6.50. The lowest BCUT2D eigenvalue weighted by molar-refractivity contribution is 0.463. The van der Waals surface area contributed by atoms with E-state index in [1.807, 2.05) is 0 Å². The lowest BCUT2D eigenvalue weighted by Crippen LogP contribution is -2.32. The van der Waals surface area contributed by atoms with E-state index >= 15 is 0 Å². The second-order valence-electron chi connectivity index (χ2n) is 4.94. The van der Waals surface area contributed by atoms with Crippen molar-refractivity contribution in [2.45, 2.75) is 50.5 Å². The number of nitrogens with two attached hydrogens (primary N) is 1. The highest BCUT2D eigenvalue weighted by Crippen LogP contribution is 2.16. The molecule has 0 aromatic heterocycles. The number of nitrogens with one attached hydrogen (secondary N) is 1. The summed E-state index contributed by atoms with van der Waals surface area (Å²) in [6, 6.07) is 4.06. The molecule has 0 bridgehead atoms. The lowest BCUT2D eigenvalue weighted by Gasteiger charge is -2.18. The molecule has 0 aliphatic carbocycles. The van der Waals surface area contributed by atoms with Crippen LogP contribution in [0.25, 0.3) is 0 Å². The molecule has 6 heteroatoms. The Labute approximate surface area is 120 Å². The molecule has 0 amide bonds. The summed E-state index contributed by atoms with van der Waals surface area (Å²) >= 11 is 0. The van der Waals surface area contributed by atoms with Crippen molar-refractivity contribution in [3.8, 4) is 0 Å². The highest BCUT2D eigenvalue weighted by atomic mass is 32.2. The third-order valence-corrected chi connectivity index (χ3v) is 4.05. The van der Waals surface area contributed by atoms with Gasteiger partial charge in [-0.1, -0.05) is 26.3 Å². The van der Waals surface area contributed by atoms with Gasteiger partial charge in [-0.3, -0.25) is 0 Å². The third kappa shape index (κ3) is 5.19. The van der Waals surface area contributed by atoms with Crippen LogP contribution >= 0.6 is 0 Å². The van der Waals surface area contributed by atoms with Crippen LogP contribution in [0.1, 0.15) is 38.7 Å². The van der Waals surface area contributed by atoms with Crippen LogP contribution in [0.3, 0.4) is 0 Å². The number of hydrogen-bond acceptors (Lipinski definition) is 3. The number of hydrogen-bond donors (Lipinski definition) is 2. The van der Waals surface area contributed by atoms with Gasteiger partial charge in [0, 0.05) is 6.04 Å². The van der Waals surface area contributed by atoms with E-state index in [0.29, 0.717) is 12.0 Å². The van der Waals surface area contributed by atoms with Gasteiger partial charge in [0.2, 0.25) is 10.0 Å². The Bertz CT molecular complexity index is 532. The lowest BCUT2D eigenvalue weighted by atomic mass is 10.0. The van der Waals surface area contributed by atoms with Crippen molar-refractivity contribution in [3.63, 3.8) is 0 Å². The Hall–Kier alpha value is -0.980. The molecular weight excluding hydrogens is 279 g/mol. The quantitative estimate of drug-likeness (QED) is 0.773. The highest BCUT2D eigenvalue weighted by Gasteiger charge is 2.14. The van der Waals surface area contributed by atoms with E-state index in [-0.39, 0.29) is 10.9 Å². The molecule has 0 aliphatic heterocycles. The van der Waals surface area contributed by atoms with Crippen molar-refractivity contribution in [2.75, 3.05) is 6.54 Å². The number of sulfonamides is 1. The summed E-state index contributed by atoms with van der Waals surface area (Å²) in [6.07, 6.45) is 3.53. The molecular formula is C14H23FN2O2S. The van der Waals surface area contributed by atoms with Crippen LogP contribution in [-0.2, 0) is 16.4 Å². The maximum Gasteiger partial charge on any atom is 0.238 e. The van der Waals surface area contributed by atoms with Crippen molar-refractivity contribution < 1.29 is 12.8 Å². The van der Waals surface area contributed by atoms with Crippen molar-refractivity contribution in [1.82, 2.24) is 5.32 Å². The number of halogens is 1. The van der Waals surface area contributed by atoms with Crippen molar-refractivity contribution in [2.24, 2.45) is 5.14 Å². The molecule has 0 radical (unpaired) electrons. The van der Waals surface area contributed by atoms with Gasteiger partial charge in [0.05, 0.1) is 4.90 Å². The smallest absolute Gasteiger partial charge is 0.238 e. The summed E-state index contributed by atoms with van der Waals surface area (Å²) in [5.41, 5.74) is 0.513. The Balaban J connectivity index is 2.85. The van der Waals surface area contributed by atoms with Gasteiger partial charge in [0.1, 0.15) is 5.82 Å². The summed E-state index contributed by atoms with van der Waals surface area (Å²) in [7, 11) is -3.85. The number of primary sulfonamides is 1. The van der Waals surface area contributed by atoms with Gasteiger partial charge in [-0.05, 0) is 43.5 Å². The zero-order valence-electron chi connectivity index (χ0n) is 12.0. The molecule has 1 aromatic carbocycles. The van der Waals surface area contributed by atoms with E-state index in [1.54, 1.807) is 0 Å². The maximum atomic E-state index is 14.0. The molecule has 20 heavy (non-hydrogen) atoms. The SMILES string of the molecule is CCCNC(CCC)Cc1ccc(S(N)(=O)=O)cc1F. The van der Waals surface area contributed by atoms with Crippen LogP contribution < -0.4 is 10.5 Å². The Morgan fingerprint density at radius 3 is 2.50 bits per heavy atom. The van der Waals surface area contributed by atoms with E-state index in [0.717, 1.165) is 31.9 Å². The summed E-state index contributed by atoms with van der Waals surface area (Å²) in [5.74, 6) is -0.518. The molecule has 114 valence electrons. The van der Waals surface area contributed by atoms with Gasteiger partial charge in [0.25, 0.3) is 0 Å². The van der Waals surface area contributed by atoms with Gasteiger partial charge in [-0.15, -0.1) is 0 Å². The van der Waals surface area contributed by atoms with E-state index in [9.17, 15) is 12.8 Å². The molecule has 1 rings (SSSR count). The van der Waals surface area contributed by atoms with Crippen LogP contribution in [0.2, 0.25) is 0 Å². The monoisotopic (exact) mass is 302 g/mol. The standard InChI is InChI=1S/C14H23FN2O2S/c1-3-5-12(17-8-4-2)9-11-6-7-13(10-14(11)15)20(16,18)19/h6-7,10,12,17H,3-5,8-9H2,1-2H3,(H2,16,18,19). The molecule has 0 spiro atoms. The van der Waals surface area contributed by atoms with Crippen LogP contribution in [0.15, 0.2) is 23.1 Å². The normalized spacial score (nSPS) is 13.4. The highest BCUT2D eigenvalue weighted by molar-refractivity contribution is 7.89. The Morgan fingerprint density at radius 2 is 2.00 bits per heavy atom. The van der Waals surface area contributed by atoms with E-state index < -0.39 is 15.8 Å². The van der Waals surface area contributed by atoms with Gasteiger partial charge in [-0.2, -0.15) is 0 Å². The molecule has 3 N–H and O–H groups in total. The minimum absolute atomic E-state index is 0.188. The molecule has 1 aromatic rings.